The van der Waals surface area contributed by atoms with E-state index >= 15 is 0 Å². The predicted octanol–water partition coefficient (Wildman–Crippen LogP) is 6.33. The standard InChI is InChI=1S/C23H22Cl2N2O/c1-14-9-15(2)13-27(12-14)23(28)18-11-22(16-7-8-19(24)20(25)10-16)26-21-6-4-3-5-17(18)21/h3-8,10-11,14-15H,9,12-13H2,1-2H3. The Balaban J connectivity index is 1.82. The van der Waals surface area contributed by atoms with Crippen molar-refractivity contribution in [1.29, 1.82) is 0 Å². The van der Waals surface area contributed by atoms with E-state index in [0.29, 0.717) is 27.4 Å². The molecule has 1 fully saturated rings. The molecule has 0 saturated carbocycles. The van der Waals surface area contributed by atoms with E-state index < -0.39 is 0 Å². The number of nitrogens with zero attached hydrogens (tertiary/aromatic N) is 2. The summed E-state index contributed by atoms with van der Waals surface area (Å²) in [6.45, 7) is 6.01. The van der Waals surface area contributed by atoms with E-state index in [9.17, 15) is 4.79 Å². The van der Waals surface area contributed by atoms with Gasteiger partial charge < -0.3 is 4.90 Å². The first-order chi connectivity index (χ1) is 13.4. The van der Waals surface area contributed by atoms with Crippen LogP contribution in [0, 0.1) is 11.8 Å². The first-order valence-corrected chi connectivity index (χ1v) is 10.3. The van der Waals surface area contributed by atoms with Gasteiger partial charge in [0.25, 0.3) is 5.91 Å². The van der Waals surface area contributed by atoms with Crippen molar-refractivity contribution >= 4 is 40.0 Å². The number of pyridine rings is 1. The third-order valence-electron chi connectivity index (χ3n) is 5.32. The molecule has 3 aromatic rings. The van der Waals surface area contributed by atoms with Crippen LogP contribution in [0.5, 0.6) is 0 Å². The number of aromatic nitrogens is 1. The van der Waals surface area contributed by atoms with Crippen molar-refractivity contribution in [2.75, 3.05) is 13.1 Å². The van der Waals surface area contributed by atoms with Crippen LogP contribution >= 0.6 is 23.2 Å². The molecule has 1 amide bonds. The second kappa shape index (κ2) is 7.73. The van der Waals surface area contributed by atoms with Gasteiger partial charge in [-0.3, -0.25) is 4.79 Å². The second-order valence-corrected chi connectivity index (χ2v) is 8.67. The van der Waals surface area contributed by atoms with Crippen LogP contribution in [0.1, 0.15) is 30.6 Å². The van der Waals surface area contributed by atoms with Gasteiger partial charge in [-0.2, -0.15) is 0 Å². The largest absolute Gasteiger partial charge is 0.338 e. The number of hydrogen-bond acceptors (Lipinski definition) is 2. The van der Waals surface area contributed by atoms with Gasteiger partial charge in [-0.1, -0.05) is 61.3 Å². The first-order valence-electron chi connectivity index (χ1n) is 9.57. The molecule has 144 valence electrons. The summed E-state index contributed by atoms with van der Waals surface area (Å²) in [5.74, 6) is 1.09. The summed E-state index contributed by atoms with van der Waals surface area (Å²) in [7, 11) is 0. The summed E-state index contributed by atoms with van der Waals surface area (Å²) >= 11 is 12.3. The summed E-state index contributed by atoms with van der Waals surface area (Å²) < 4.78 is 0. The molecular weight excluding hydrogens is 391 g/mol. The molecule has 0 spiro atoms. The quantitative estimate of drug-likeness (QED) is 0.492. The lowest BCUT2D eigenvalue weighted by Gasteiger charge is -2.35. The van der Waals surface area contributed by atoms with Crippen molar-refractivity contribution in [2.45, 2.75) is 20.3 Å². The topological polar surface area (TPSA) is 33.2 Å². The Hall–Kier alpha value is -2.10. The fourth-order valence-electron chi connectivity index (χ4n) is 4.15. The van der Waals surface area contributed by atoms with Crippen LogP contribution in [-0.2, 0) is 0 Å². The molecule has 0 bridgehead atoms. The van der Waals surface area contributed by atoms with Crippen molar-refractivity contribution in [3.05, 3.63) is 64.1 Å². The van der Waals surface area contributed by atoms with E-state index in [1.165, 1.54) is 0 Å². The SMILES string of the molecule is CC1CC(C)CN(C(=O)c2cc(-c3ccc(Cl)c(Cl)c3)nc3ccccc23)C1. The average Bonchev–Trinajstić information content (AvgIpc) is 2.68. The van der Waals surface area contributed by atoms with Crippen LogP contribution in [-0.4, -0.2) is 28.9 Å². The van der Waals surface area contributed by atoms with Gasteiger partial charge in [-0.25, -0.2) is 4.98 Å². The zero-order valence-electron chi connectivity index (χ0n) is 16.0. The lowest BCUT2D eigenvalue weighted by Crippen LogP contribution is -2.42. The van der Waals surface area contributed by atoms with Crippen LogP contribution in [0.3, 0.4) is 0 Å². The highest BCUT2D eigenvalue weighted by Crippen LogP contribution is 2.31. The fourth-order valence-corrected chi connectivity index (χ4v) is 4.45. The highest BCUT2D eigenvalue weighted by atomic mass is 35.5. The van der Waals surface area contributed by atoms with E-state index in [4.69, 9.17) is 28.2 Å². The molecule has 3 nitrogen and oxygen atoms in total. The summed E-state index contributed by atoms with van der Waals surface area (Å²) in [5, 5.41) is 1.85. The molecule has 4 rings (SSSR count). The molecule has 0 radical (unpaired) electrons. The Morgan fingerprint density at radius 2 is 1.71 bits per heavy atom. The zero-order valence-corrected chi connectivity index (χ0v) is 17.5. The summed E-state index contributed by atoms with van der Waals surface area (Å²) in [4.78, 5) is 20.2. The van der Waals surface area contributed by atoms with Crippen LogP contribution in [0.2, 0.25) is 10.0 Å². The molecule has 1 aliphatic heterocycles. The summed E-state index contributed by atoms with van der Waals surface area (Å²) in [6.07, 6.45) is 1.16. The molecule has 28 heavy (non-hydrogen) atoms. The number of piperidine rings is 1. The number of fused-ring (bicyclic) bond motifs is 1. The van der Waals surface area contributed by atoms with Crippen molar-refractivity contribution in [3.8, 4) is 11.3 Å². The summed E-state index contributed by atoms with van der Waals surface area (Å²) in [5.41, 5.74) is 3.05. The van der Waals surface area contributed by atoms with Crippen LogP contribution < -0.4 is 0 Å². The van der Waals surface area contributed by atoms with Gasteiger partial charge in [0.15, 0.2) is 0 Å². The van der Waals surface area contributed by atoms with Gasteiger partial charge in [0, 0.05) is 24.0 Å². The Morgan fingerprint density at radius 1 is 1.00 bits per heavy atom. The van der Waals surface area contributed by atoms with Crippen molar-refractivity contribution in [3.63, 3.8) is 0 Å². The highest BCUT2D eigenvalue weighted by molar-refractivity contribution is 6.42. The molecule has 1 aliphatic rings. The van der Waals surface area contributed by atoms with Crippen LogP contribution in [0.15, 0.2) is 48.5 Å². The first kappa shape index (κ1) is 19.2. The van der Waals surface area contributed by atoms with Gasteiger partial charge in [0.05, 0.1) is 26.8 Å². The molecule has 2 atom stereocenters. The number of benzene rings is 2. The molecule has 1 aromatic heterocycles. The molecule has 0 aliphatic carbocycles. The van der Waals surface area contributed by atoms with Crippen molar-refractivity contribution in [1.82, 2.24) is 9.88 Å². The Labute approximate surface area is 175 Å². The lowest BCUT2D eigenvalue weighted by molar-refractivity contribution is 0.0625. The summed E-state index contributed by atoms with van der Waals surface area (Å²) in [6, 6.07) is 15.1. The number of para-hydroxylation sites is 1. The Kier molecular flexibility index (Phi) is 5.31. The highest BCUT2D eigenvalue weighted by Gasteiger charge is 2.27. The third kappa shape index (κ3) is 3.74. The fraction of sp³-hybridized carbons (Fsp3) is 0.304. The van der Waals surface area contributed by atoms with Crippen LogP contribution in [0.25, 0.3) is 22.2 Å². The number of halogens is 2. The van der Waals surface area contributed by atoms with E-state index in [1.54, 1.807) is 12.1 Å². The van der Waals surface area contributed by atoms with Crippen molar-refractivity contribution < 1.29 is 4.79 Å². The molecule has 2 unspecified atom stereocenters. The number of likely N-dealkylation sites (tertiary alicyclic amines) is 1. The van der Waals surface area contributed by atoms with Gasteiger partial charge in [0.2, 0.25) is 0 Å². The van der Waals surface area contributed by atoms with Crippen molar-refractivity contribution in [2.24, 2.45) is 11.8 Å². The Bertz CT molecular complexity index is 1040. The number of hydrogen-bond donors (Lipinski definition) is 0. The number of amides is 1. The minimum Gasteiger partial charge on any atom is -0.338 e. The molecular formula is C23H22Cl2N2O. The lowest BCUT2D eigenvalue weighted by atomic mass is 9.91. The number of rotatable bonds is 2. The molecule has 2 heterocycles. The zero-order chi connectivity index (χ0) is 19.8. The third-order valence-corrected chi connectivity index (χ3v) is 6.06. The van der Waals surface area contributed by atoms with E-state index in [1.807, 2.05) is 41.3 Å². The van der Waals surface area contributed by atoms with Crippen LogP contribution in [0.4, 0.5) is 0 Å². The van der Waals surface area contributed by atoms with Gasteiger partial charge >= 0.3 is 0 Å². The second-order valence-electron chi connectivity index (χ2n) is 7.86. The predicted molar refractivity (Wildman–Crippen MR) is 116 cm³/mol. The Morgan fingerprint density at radius 3 is 2.43 bits per heavy atom. The van der Waals surface area contributed by atoms with Gasteiger partial charge in [0.1, 0.15) is 0 Å². The maximum Gasteiger partial charge on any atom is 0.254 e. The van der Waals surface area contributed by atoms with Gasteiger partial charge in [-0.05, 0) is 42.5 Å². The van der Waals surface area contributed by atoms with E-state index in [2.05, 4.69) is 13.8 Å². The van der Waals surface area contributed by atoms with E-state index in [0.717, 1.165) is 41.7 Å². The molecule has 5 heteroatoms. The molecule has 2 aromatic carbocycles. The normalized spacial score (nSPS) is 19.8. The maximum absolute atomic E-state index is 13.5. The van der Waals surface area contributed by atoms with Gasteiger partial charge in [-0.15, -0.1) is 0 Å². The molecule has 1 saturated heterocycles. The smallest absolute Gasteiger partial charge is 0.254 e. The maximum atomic E-state index is 13.5. The average molecular weight is 413 g/mol. The number of carbonyl (C=O) groups is 1. The molecule has 0 N–H and O–H groups in total. The van der Waals surface area contributed by atoms with E-state index in [-0.39, 0.29) is 5.91 Å². The minimum atomic E-state index is 0.0679. The monoisotopic (exact) mass is 412 g/mol. The number of carbonyl (C=O) groups excluding carboxylic acids is 1. The minimum absolute atomic E-state index is 0.0679.